The van der Waals surface area contributed by atoms with Gasteiger partial charge in [0.05, 0.1) is 0 Å². The van der Waals surface area contributed by atoms with Gasteiger partial charge in [0.2, 0.25) is 0 Å². The minimum Gasteiger partial charge on any atom is -0.484 e. The summed E-state index contributed by atoms with van der Waals surface area (Å²) >= 11 is 0. The van der Waals surface area contributed by atoms with Gasteiger partial charge in [0, 0.05) is 57.9 Å². The maximum atomic E-state index is 12.4. The van der Waals surface area contributed by atoms with Gasteiger partial charge in [0.1, 0.15) is 5.75 Å². The molecular formula is C18H27ClN4O3. The zero-order valence-corrected chi connectivity index (χ0v) is 15.9. The molecule has 2 fully saturated rings. The largest absolute Gasteiger partial charge is 0.484 e. The molecule has 0 spiro atoms. The number of carbonyl (C=O) groups excluding carboxylic acids is 2. The van der Waals surface area contributed by atoms with E-state index in [1.165, 1.54) is 0 Å². The van der Waals surface area contributed by atoms with Crippen LogP contribution in [0, 0.1) is 0 Å². The van der Waals surface area contributed by atoms with Crippen LogP contribution < -0.4 is 15.4 Å². The van der Waals surface area contributed by atoms with Crippen LogP contribution in [0.25, 0.3) is 0 Å². The molecule has 2 N–H and O–H groups in total. The fourth-order valence-corrected chi connectivity index (χ4v) is 3.42. The van der Waals surface area contributed by atoms with Crippen molar-refractivity contribution in [3.63, 3.8) is 0 Å². The maximum Gasteiger partial charge on any atom is 0.260 e. The van der Waals surface area contributed by atoms with Gasteiger partial charge in [0.15, 0.2) is 6.61 Å². The second-order valence-electron chi connectivity index (χ2n) is 6.46. The zero-order chi connectivity index (χ0) is 17.6. The Bertz CT molecular complexity index is 622. The van der Waals surface area contributed by atoms with Crippen LogP contribution >= 0.6 is 12.4 Å². The monoisotopic (exact) mass is 382 g/mol. The molecule has 2 aliphatic heterocycles. The van der Waals surface area contributed by atoms with Crippen molar-refractivity contribution in [2.45, 2.75) is 12.5 Å². The van der Waals surface area contributed by atoms with Gasteiger partial charge in [-0.25, -0.2) is 0 Å². The van der Waals surface area contributed by atoms with Crippen molar-refractivity contribution in [2.75, 3.05) is 52.9 Å². The molecular weight excluding hydrogens is 356 g/mol. The molecule has 0 saturated carbocycles. The van der Waals surface area contributed by atoms with Gasteiger partial charge in [-0.2, -0.15) is 0 Å². The summed E-state index contributed by atoms with van der Waals surface area (Å²) < 4.78 is 5.60. The number of ether oxygens (including phenoxy) is 1. The number of nitrogens with zero attached hydrogens (tertiary/aromatic N) is 2. The zero-order valence-electron chi connectivity index (χ0n) is 15.1. The Labute approximate surface area is 160 Å². The number of likely N-dealkylation sites (tertiary alicyclic amines) is 1. The van der Waals surface area contributed by atoms with Gasteiger partial charge in [-0.1, -0.05) is 6.07 Å². The molecule has 26 heavy (non-hydrogen) atoms. The van der Waals surface area contributed by atoms with Crippen LogP contribution in [0.3, 0.4) is 0 Å². The lowest BCUT2D eigenvalue weighted by molar-refractivity contribution is -0.132. The Morgan fingerprint density at radius 3 is 2.77 bits per heavy atom. The first-order chi connectivity index (χ1) is 12.2. The van der Waals surface area contributed by atoms with E-state index < -0.39 is 0 Å². The molecule has 0 radical (unpaired) electrons. The lowest BCUT2D eigenvalue weighted by atomic mass is 10.2. The van der Waals surface area contributed by atoms with Crippen molar-refractivity contribution in [1.82, 2.24) is 20.4 Å². The Balaban J connectivity index is 0.00000243. The van der Waals surface area contributed by atoms with Crippen molar-refractivity contribution in [1.29, 1.82) is 0 Å². The fourth-order valence-electron chi connectivity index (χ4n) is 3.42. The minimum absolute atomic E-state index is 0. The highest BCUT2D eigenvalue weighted by Gasteiger charge is 2.30. The van der Waals surface area contributed by atoms with E-state index in [1.54, 1.807) is 31.3 Å². The number of carbonyl (C=O) groups is 2. The smallest absolute Gasteiger partial charge is 0.260 e. The van der Waals surface area contributed by atoms with E-state index in [1.807, 2.05) is 4.90 Å². The summed E-state index contributed by atoms with van der Waals surface area (Å²) in [6.07, 6.45) is 1.03. The van der Waals surface area contributed by atoms with Gasteiger partial charge in [0.25, 0.3) is 11.8 Å². The van der Waals surface area contributed by atoms with Crippen LogP contribution in [0.4, 0.5) is 0 Å². The molecule has 7 nitrogen and oxygen atoms in total. The van der Waals surface area contributed by atoms with Crippen molar-refractivity contribution in [2.24, 2.45) is 0 Å². The normalized spacial score (nSPS) is 20.3. The highest BCUT2D eigenvalue weighted by atomic mass is 35.5. The third-order valence-corrected chi connectivity index (χ3v) is 4.87. The summed E-state index contributed by atoms with van der Waals surface area (Å²) in [6, 6.07) is 7.34. The summed E-state index contributed by atoms with van der Waals surface area (Å²) in [6.45, 7) is 5.72. The van der Waals surface area contributed by atoms with Gasteiger partial charge in [-0.05, 0) is 24.6 Å². The lowest BCUT2D eigenvalue weighted by Crippen LogP contribution is -2.49. The van der Waals surface area contributed by atoms with Crippen molar-refractivity contribution >= 4 is 24.2 Å². The Morgan fingerprint density at radius 2 is 2.04 bits per heavy atom. The quantitative estimate of drug-likeness (QED) is 0.769. The Kier molecular flexibility index (Phi) is 7.68. The lowest BCUT2D eigenvalue weighted by Gasteiger charge is -2.32. The molecule has 2 amide bonds. The van der Waals surface area contributed by atoms with Crippen molar-refractivity contribution in [3.8, 4) is 5.75 Å². The number of halogens is 1. The molecule has 1 unspecified atom stereocenters. The molecule has 1 aromatic rings. The predicted octanol–water partition coefficient (Wildman–Crippen LogP) is 0.353. The van der Waals surface area contributed by atoms with Crippen molar-refractivity contribution in [3.05, 3.63) is 29.8 Å². The van der Waals surface area contributed by atoms with Crippen LogP contribution in [0.1, 0.15) is 16.8 Å². The van der Waals surface area contributed by atoms with Gasteiger partial charge in [-0.3, -0.25) is 14.5 Å². The summed E-state index contributed by atoms with van der Waals surface area (Å²) in [4.78, 5) is 28.4. The van der Waals surface area contributed by atoms with E-state index in [4.69, 9.17) is 4.74 Å². The average molecular weight is 383 g/mol. The molecule has 0 aromatic heterocycles. The van der Waals surface area contributed by atoms with E-state index in [2.05, 4.69) is 15.5 Å². The molecule has 3 rings (SSSR count). The topological polar surface area (TPSA) is 73.9 Å². The predicted molar refractivity (Wildman–Crippen MR) is 102 cm³/mol. The average Bonchev–Trinajstić information content (AvgIpc) is 3.17. The first-order valence-corrected chi connectivity index (χ1v) is 8.85. The SMILES string of the molecule is CNC(=O)c1cccc(OCC(=O)N2CCC(N3CCNCC3)C2)c1.Cl. The molecule has 144 valence electrons. The minimum atomic E-state index is -0.171. The number of amides is 2. The summed E-state index contributed by atoms with van der Waals surface area (Å²) in [5, 5.41) is 5.93. The molecule has 8 heteroatoms. The second kappa shape index (κ2) is 9.75. The Hall–Kier alpha value is -1.83. The molecule has 1 atom stereocenters. The van der Waals surface area contributed by atoms with E-state index in [0.717, 1.165) is 45.7 Å². The summed E-state index contributed by atoms with van der Waals surface area (Å²) in [5.41, 5.74) is 0.521. The molecule has 0 bridgehead atoms. The second-order valence-corrected chi connectivity index (χ2v) is 6.46. The summed E-state index contributed by atoms with van der Waals surface area (Å²) in [7, 11) is 1.58. The van der Waals surface area contributed by atoms with Crippen LogP contribution in [0.5, 0.6) is 5.75 Å². The van der Waals surface area contributed by atoms with Gasteiger partial charge < -0.3 is 20.3 Å². The molecule has 2 heterocycles. The van der Waals surface area contributed by atoms with E-state index in [9.17, 15) is 9.59 Å². The van der Waals surface area contributed by atoms with Gasteiger partial charge >= 0.3 is 0 Å². The number of hydrogen-bond donors (Lipinski definition) is 2. The standard InChI is InChI=1S/C18H26N4O3.ClH/c1-19-18(24)14-3-2-4-16(11-14)25-13-17(23)22-8-5-15(12-22)21-9-6-20-7-10-21;/h2-4,11,15,20H,5-10,12-13H2,1H3,(H,19,24);1H. The van der Waals surface area contributed by atoms with Crippen LogP contribution in [0.2, 0.25) is 0 Å². The van der Waals surface area contributed by atoms with Crippen LogP contribution in [-0.4, -0.2) is 80.6 Å². The number of rotatable bonds is 5. The van der Waals surface area contributed by atoms with E-state index >= 15 is 0 Å². The van der Waals surface area contributed by atoms with E-state index in [-0.39, 0.29) is 30.8 Å². The third kappa shape index (κ3) is 5.09. The number of nitrogens with one attached hydrogen (secondary N) is 2. The maximum absolute atomic E-state index is 12.4. The first kappa shape index (κ1) is 20.5. The molecule has 1 aromatic carbocycles. The number of hydrogen-bond acceptors (Lipinski definition) is 5. The van der Waals surface area contributed by atoms with Crippen LogP contribution in [-0.2, 0) is 4.79 Å². The highest BCUT2D eigenvalue weighted by Crippen LogP contribution is 2.17. The number of piperazine rings is 1. The molecule has 2 aliphatic rings. The van der Waals surface area contributed by atoms with Gasteiger partial charge in [-0.15, -0.1) is 12.4 Å². The first-order valence-electron chi connectivity index (χ1n) is 8.85. The fraction of sp³-hybridized carbons (Fsp3) is 0.556. The molecule has 0 aliphatic carbocycles. The van der Waals surface area contributed by atoms with E-state index in [0.29, 0.717) is 17.4 Å². The third-order valence-electron chi connectivity index (χ3n) is 4.87. The van der Waals surface area contributed by atoms with Crippen molar-refractivity contribution < 1.29 is 14.3 Å². The number of benzene rings is 1. The highest BCUT2D eigenvalue weighted by molar-refractivity contribution is 5.94. The van der Waals surface area contributed by atoms with Crippen LogP contribution in [0.15, 0.2) is 24.3 Å². The Morgan fingerprint density at radius 1 is 1.27 bits per heavy atom. The molecule has 2 saturated heterocycles. The summed E-state index contributed by atoms with van der Waals surface area (Å²) in [5.74, 6) is 0.366.